The van der Waals surface area contributed by atoms with Crippen molar-refractivity contribution >= 4 is 81.0 Å². The van der Waals surface area contributed by atoms with Crippen molar-refractivity contribution in [1.82, 2.24) is 59.6 Å². The third-order valence-corrected chi connectivity index (χ3v) is 18.0. The van der Waals surface area contributed by atoms with Gasteiger partial charge in [0.2, 0.25) is 23.7 Å². The van der Waals surface area contributed by atoms with Crippen LogP contribution in [0.4, 0.5) is 44.2 Å². The van der Waals surface area contributed by atoms with Gasteiger partial charge in [-0.3, -0.25) is 39.1 Å². The number of aromatic amines is 2. The number of aromatic nitrogens is 10. The predicted octanol–water partition coefficient (Wildman–Crippen LogP) is 10.6. The number of hydrogen-bond donors (Lipinski definition) is 6. The Labute approximate surface area is 542 Å². The van der Waals surface area contributed by atoms with Crippen LogP contribution in [0.1, 0.15) is 106 Å². The highest BCUT2D eigenvalue weighted by atomic mass is 16.6. The van der Waals surface area contributed by atoms with Crippen LogP contribution in [0.2, 0.25) is 0 Å². The van der Waals surface area contributed by atoms with Gasteiger partial charge in [0.1, 0.15) is 5.52 Å². The quantitative estimate of drug-likeness (QED) is 0.0589. The zero-order chi connectivity index (χ0) is 66.4. The molecule has 9 aromatic rings. The molecule has 490 valence electrons. The lowest BCUT2D eigenvalue weighted by Crippen LogP contribution is -2.50. The van der Waals surface area contributed by atoms with Gasteiger partial charge in [0.05, 0.1) is 58.7 Å². The second kappa shape index (κ2) is 28.1. The molecule has 26 heteroatoms. The minimum atomic E-state index is -0.683. The fraction of sp³-hybridized carbons (Fsp3) is 0.382. The number of imidazole rings is 2. The molecule has 5 aromatic heterocycles. The predicted molar refractivity (Wildman–Crippen MR) is 354 cm³/mol. The number of carbonyl (C=O) groups excluding carboxylic acids is 4. The smallest absolute Gasteiger partial charge is 0.388 e. The van der Waals surface area contributed by atoms with Crippen LogP contribution < -0.4 is 51.8 Å². The number of anilines is 6. The maximum atomic E-state index is 13.9. The monoisotopic (exact) mass is 1280 g/mol. The lowest BCUT2D eigenvalue weighted by atomic mass is 9.78. The fourth-order valence-corrected chi connectivity index (χ4v) is 12.6. The van der Waals surface area contributed by atoms with Gasteiger partial charge in [-0.25, -0.2) is 34.2 Å². The Morgan fingerprint density at radius 1 is 0.628 bits per heavy atom. The summed E-state index contributed by atoms with van der Waals surface area (Å²) in [4.78, 5) is 110. The Balaban J connectivity index is 0.000000154. The first kappa shape index (κ1) is 65.5. The Kier molecular flexibility index (Phi) is 19.5. The van der Waals surface area contributed by atoms with Crippen molar-refractivity contribution in [1.29, 1.82) is 0 Å². The van der Waals surface area contributed by atoms with E-state index in [1.165, 1.54) is 20.7 Å². The number of para-hydroxylation sites is 4. The number of aryl methyl sites for hydroxylation is 1. The van der Waals surface area contributed by atoms with E-state index in [0.29, 0.717) is 45.4 Å². The highest BCUT2D eigenvalue weighted by Gasteiger charge is 2.55. The summed E-state index contributed by atoms with van der Waals surface area (Å²) in [5.74, 6) is -0.577. The van der Waals surface area contributed by atoms with Crippen molar-refractivity contribution in [2.24, 2.45) is 23.7 Å². The van der Waals surface area contributed by atoms with Crippen molar-refractivity contribution in [2.45, 2.75) is 130 Å². The van der Waals surface area contributed by atoms with E-state index in [-0.39, 0.29) is 99.5 Å². The molecule has 0 unspecified atom stereocenters. The summed E-state index contributed by atoms with van der Waals surface area (Å²) in [6.45, 7) is 19.2. The van der Waals surface area contributed by atoms with Crippen molar-refractivity contribution in [3.8, 4) is 11.8 Å². The van der Waals surface area contributed by atoms with Crippen LogP contribution in [-0.2, 0) is 19.1 Å². The molecule has 0 spiro atoms. The highest BCUT2D eigenvalue weighted by molar-refractivity contribution is 6.00. The summed E-state index contributed by atoms with van der Waals surface area (Å²) in [5.41, 5.74) is 3.15. The zero-order valence-corrected chi connectivity index (χ0v) is 53.9. The average molecular weight is 1280 g/mol. The second-order valence-corrected chi connectivity index (χ2v) is 24.4. The van der Waals surface area contributed by atoms with E-state index in [1.807, 2.05) is 102 Å². The number of H-pyrrole nitrogens is 2. The molecule has 4 bridgehead atoms. The minimum absolute atomic E-state index is 0.00655. The Morgan fingerprint density at radius 3 is 1.61 bits per heavy atom. The Bertz CT molecular complexity index is 4200. The van der Waals surface area contributed by atoms with Crippen LogP contribution in [0.3, 0.4) is 0 Å². The van der Waals surface area contributed by atoms with Crippen LogP contribution in [0.15, 0.2) is 150 Å². The lowest BCUT2D eigenvalue weighted by Gasteiger charge is -2.36. The van der Waals surface area contributed by atoms with E-state index in [0.717, 1.165) is 45.2 Å². The van der Waals surface area contributed by atoms with Gasteiger partial charge in [0, 0.05) is 35.4 Å². The number of nitrogens with one attached hydrogen (secondary N) is 6. The molecule has 6 N–H and O–H groups in total. The Morgan fingerprint density at radius 2 is 1.10 bits per heavy atom. The number of rotatable bonds is 14. The molecule has 94 heavy (non-hydrogen) atoms. The summed E-state index contributed by atoms with van der Waals surface area (Å²) >= 11 is 0. The van der Waals surface area contributed by atoms with Gasteiger partial charge < -0.3 is 34.6 Å². The van der Waals surface area contributed by atoms with Crippen molar-refractivity contribution in [3.05, 3.63) is 167 Å². The van der Waals surface area contributed by atoms with Crippen molar-refractivity contribution in [3.63, 3.8) is 0 Å². The molecule has 0 aliphatic carbocycles. The summed E-state index contributed by atoms with van der Waals surface area (Å²) in [7, 11) is 0. The molecule has 4 aliphatic heterocycles. The molecule has 4 fully saturated rings. The van der Waals surface area contributed by atoms with E-state index >= 15 is 0 Å². The standard InChI is InChI=1S/C32H37N7O4.C22H20N6O3.C14H21N3O3/c1-5-32-17-12-18-33-24(21(32)4)29(43-32)38-19-34-25-26(38)35-30(36-27(40)20(2)3)37-28(25)42-31(41)39(22-13-8-6-9-14-22)23-15-10-7-11-16-23;1-14(2)19(29)26-21-25-18-17(23-13-24-18)20(27-21)31-22(30)28(15-9-5-3-6-10-15)16-11-7-4-8-12-16;1-4-14-5-6-15-10(9(14)3)12(20-14)17-7-8(2)11(18)16-13(17)19/h6-11,13-16,19-21,24,29,33H,5,12,17-18H2,1-4H3,(H,35,36,37,40);3-14H,1-2H3,(H2,23,24,25,26,27,29);7,9-10,12,15H,4-6H2,1-3H3,(H,16,18,19)/t21-,24+,29+,32-;;9-,10+,12+,14-/m0.0/s1. The number of benzene rings is 4. The number of ether oxygens (including phenoxy) is 4. The van der Waals surface area contributed by atoms with Crippen LogP contribution >= 0.6 is 0 Å². The van der Waals surface area contributed by atoms with Crippen molar-refractivity contribution < 1.29 is 38.1 Å². The molecule has 4 saturated heterocycles. The van der Waals surface area contributed by atoms with Gasteiger partial charge in [0.25, 0.3) is 17.3 Å². The summed E-state index contributed by atoms with van der Waals surface area (Å²) in [6, 6.07) is 36.8. The third-order valence-electron chi connectivity index (χ3n) is 18.0. The SMILES string of the molecule is CC(C)C(=O)Nc1nc(OC(=O)N(c2ccccc2)c2ccccc2)c2[nH]cnc2n1.CC[C@@]12CCCN[C@@H]([C@H](n3cnc4c(OC(=O)N(c5ccccc5)c5ccccc5)nc(NC(=O)C(C)C)nc43)O1)[C@@H]2C.CC[C@@]12CCN[C@@H]([C@H](n3cc(C)c(=O)[nH]c3=O)O1)[C@@H]2C. The van der Waals surface area contributed by atoms with Gasteiger partial charge in [-0.15, -0.1) is 0 Å². The summed E-state index contributed by atoms with van der Waals surface area (Å²) in [6.07, 6.45) is 7.33. The number of carbonyl (C=O) groups is 4. The van der Waals surface area contributed by atoms with Gasteiger partial charge in [-0.2, -0.15) is 19.9 Å². The van der Waals surface area contributed by atoms with E-state index in [4.69, 9.17) is 18.9 Å². The van der Waals surface area contributed by atoms with E-state index in [2.05, 4.69) is 88.8 Å². The van der Waals surface area contributed by atoms with E-state index in [9.17, 15) is 28.8 Å². The summed E-state index contributed by atoms with van der Waals surface area (Å²) < 4.78 is 28.1. The third kappa shape index (κ3) is 13.4. The van der Waals surface area contributed by atoms with E-state index in [1.54, 1.807) is 71.4 Å². The second-order valence-electron chi connectivity index (χ2n) is 24.4. The van der Waals surface area contributed by atoms with E-state index < -0.39 is 24.1 Å². The number of fused-ring (bicyclic) bond motifs is 6. The number of hydrogen-bond acceptors (Lipinski definition) is 18. The first-order valence-electron chi connectivity index (χ1n) is 31.8. The van der Waals surface area contributed by atoms with Gasteiger partial charge in [-0.05, 0) is 101 Å². The first-order valence-corrected chi connectivity index (χ1v) is 31.8. The number of piperidine rings is 1. The van der Waals surface area contributed by atoms with Crippen LogP contribution in [0.5, 0.6) is 11.8 Å². The molecule has 0 radical (unpaired) electrons. The molecule has 9 heterocycles. The maximum Gasteiger partial charge on any atom is 0.425 e. The molecule has 8 atom stereocenters. The van der Waals surface area contributed by atoms with Crippen LogP contribution in [-0.4, -0.2) is 109 Å². The molecule has 4 aliphatic rings. The molecular weight excluding hydrogens is 1200 g/mol. The van der Waals surface area contributed by atoms with Crippen LogP contribution in [0, 0.1) is 30.6 Å². The molecule has 13 rings (SSSR count). The Hall–Kier alpha value is -10.0. The molecule has 0 saturated carbocycles. The summed E-state index contributed by atoms with van der Waals surface area (Å²) in [5, 5.41) is 12.5. The number of nitrogens with zero attached hydrogens (tertiary/aromatic N) is 10. The fourth-order valence-electron chi connectivity index (χ4n) is 12.6. The lowest BCUT2D eigenvalue weighted by molar-refractivity contribution is -0.119. The average Bonchev–Trinajstić information content (AvgIpc) is 1.59. The molecule has 4 amide bonds. The maximum absolute atomic E-state index is 13.9. The molecule has 4 aromatic carbocycles. The van der Waals surface area contributed by atoms with Gasteiger partial charge in [-0.1, -0.05) is 128 Å². The van der Waals surface area contributed by atoms with Gasteiger partial charge in [0.15, 0.2) is 29.3 Å². The van der Waals surface area contributed by atoms with Crippen molar-refractivity contribution in [2.75, 3.05) is 33.5 Å². The first-order chi connectivity index (χ1) is 45.3. The normalized spacial score (nSPS) is 21.9. The zero-order valence-electron chi connectivity index (χ0n) is 53.9. The molecular formula is C68H78N16O10. The molecule has 26 nitrogen and oxygen atoms in total. The van der Waals surface area contributed by atoms with Crippen LogP contribution in [0.25, 0.3) is 22.3 Å². The largest absolute Gasteiger partial charge is 0.425 e. The highest BCUT2D eigenvalue weighted by Crippen LogP contribution is 2.49. The minimum Gasteiger partial charge on any atom is -0.388 e. The topological polar surface area (TPSA) is 313 Å². The number of amides is 4. The van der Waals surface area contributed by atoms with Gasteiger partial charge >= 0.3 is 17.9 Å².